The van der Waals surface area contributed by atoms with Gasteiger partial charge < -0.3 is 0 Å². The second kappa shape index (κ2) is 21.0. The molecule has 0 aromatic rings. The predicted molar refractivity (Wildman–Crippen MR) is 103 cm³/mol. The monoisotopic (exact) mass is 327 g/mol. The molecule has 0 spiro atoms. The number of thioether (sulfide) groups is 1. The fourth-order valence-corrected chi connectivity index (χ4v) is 3.75. The van der Waals surface area contributed by atoms with E-state index in [1.165, 1.54) is 101 Å². The van der Waals surface area contributed by atoms with Gasteiger partial charge in [-0.3, -0.25) is 4.79 Å². The van der Waals surface area contributed by atoms with Crippen LogP contribution in [0.1, 0.15) is 110 Å². The number of hydrogen-bond acceptors (Lipinski definition) is 2. The summed E-state index contributed by atoms with van der Waals surface area (Å²) >= 11 is 2.09. The van der Waals surface area contributed by atoms with Crippen LogP contribution >= 0.6 is 11.8 Å². The van der Waals surface area contributed by atoms with Crippen molar-refractivity contribution in [1.82, 2.24) is 0 Å². The van der Waals surface area contributed by atoms with Crippen LogP contribution in [0.25, 0.3) is 0 Å². The summed E-state index contributed by atoms with van der Waals surface area (Å²) in [6.45, 7) is 2.29. The van der Waals surface area contributed by atoms with E-state index < -0.39 is 0 Å². The molecule has 0 rings (SSSR count). The van der Waals surface area contributed by atoms with Crippen LogP contribution < -0.4 is 0 Å². The third-order valence-corrected chi connectivity index (χ3v) is 5.36. The van der Waals surface area contributed by atoms with Crippen molar-refractivity contribution in [3.05, 3.63) is 0 Å². The third kappa shape index (κ3) is 20.0. The van der Waals surface area contributed by atoms with Crippen molar-refractivity contribution in [3.8, 4) is 0 Å². The first-order valence-electron chi connectivity index (χ1n) is 9.84. The lowest BCUT2D eigenvalue weighted by Gasteiger charge is -2.03. The summed E-state index contributed by atoms with van der Waals surface area (Å²) < 4.78 is 0. The maximum Gasteiger partial charge on any atom is 0.198 e. The first-order chi connectivity index (χ1) is 10.9. The molecule has 131 valence electrons. The molecule has 0 aromatic carbocycles. The zero-order chi connectivity index (χ0) is 16.1. The maximum atomic E-state index is 10.0. The van der Waals surface area contributed by atoms with E-state index in [4.69, 9.17) is 0 Å². The van der Waals surface area contributed by atoms with Gasteiger partial charge in [-0.25, -0.2) is 0 Å². The van der Waals surface area contributed by atoms with Gasteiger partial charge in [-0.2, -0.15) is 11.8 Å². The van der Waals surface area contributed by atoms with E-state index in [1.807, 2.05) is 6.29 Å². The van der Waals surface area contributed by atoms with Gasteiger partial charge in [0.1, 0.15) is 0 Å². The molecule has 1 radical (unpaired) electrons. The van der Waals surface area contributed by atoms with Crippen LogP contribution in [0, 0.1) is 0 Å². The van der Waals surface area contributed by atoms with Gasteiger partial charge in [0.05, 0.1) is 0 Å². The van der Waals surface area contributed by atoms with Gasteiger partial charge in [0.2, 0.25) is 0 Å². The number of unbranched alkanes of at least 4 members (excludes halogenated alkanes) is 14. The first-order valence-corrected chi connectivity index (χ1v) is 11.0. The van der Waals surface area contributed by atoms with Crippen LogP contribution in [0.2, 0.25) is 0 Å². The molecule has 0 aliphatic rings. The summed E-state index contributed by atoms with van der Waals surface area (Å²) in [4.78, 5) is 10.0. The first kappa shape index (κ1) is 22.0. The standard InChI is InChI=1S/C20H39OS/c1-2-3-4-5-6-7-8-9-10-11-13-16-19-22-20-17-14-12-15-18-21/h2-17,19-20H2,1H3. The highest BCUT2D eigenvalue weighted by atomic mass is 32.2. The topological polar surface area (TPSA) is 17.1 Å². The van der Waals surface area contributed by atoms with Crippen LogP contribution in [0.3, 0.4) is 0 Å². The van der Waals surface area contributed by atoms with Gasteiger partial charge in [0.25, 0.3) is 0 Å². The van der Waals surface area contributed by atoms with Gasteiger partial charge in [0, 0.05) is 6.42 Å². The van der Waals surface area contributed by atoms with Crippen LogP contribution in [0.15, 0.2) is 0 Å². The lowest BCUT2D eigenvalue weighted by molar-refractivity contribution is 0.546. The van der Waals surface area contributed by atoms with Gasteiger partial charge in [-0.15, -0.1) is 0 Å². The van der Waals surface area contributed by atoms with Crippen molar-refractivity contribution in [2.75, 3.05) is 11.5 Å². The van der Waals surface area contributed by atoms with E-state index in [2.05, 4.69) is 18.7 Å². The van der Waals surface area contributed by atoms with E-state index in [0.29, 0.717) is 6.42 Å². The SMILES string of the molecule is CCCCCCCCCCCCCCSCCCCC[C]=O. The van der Waals surface area contributed by atoms with Gasteiger partial charge in [-0.1, -0.05) is 84.0 Å². The van der Waals surface area contributed by atoms with Crippen LogP contribution in [0.4, 0.5) is 0 Å². The lowest BCUT2D eigenvalue weighted by Crippen LogP contribution is -1.87. The van der Waals surface area contributed by atoms with Crippen molar-refractivity contribution in [1.29, 1.82) is 0 Å². The van der Waals surface area contributed by atoms with Crippen molar-refractivity contribution < 1.29 is 4.79 Å². The third-order valence-electron chi connectivity index (χ3n) is 4.21. The number of hydrogen-bond donors (Lipinski definition) is 0. The number of rotatable bonds is 19. The van der Waals surface area contributed by atoms with Crippen molar-refractivity contribution in [2.24, 2.45) is 0 Å². The molecule has 2 heteroatoms. The molecule has 0 bridgehead atoms. The molecule has 0 amide bonds. The summed E-state index contributed by atoms with van der Waals surface area (Å²) in [5, 5.41) is 0. The molecule has 0 aliphatic heterocycles. The Balaban J connectivity index is 2.92. The molecule has 1 nitrogen and oxygen atoms in total. The lowest BCUT2D eigenvalue weighted by atomic mass is 10.1. The molecular weight excluding hydrogens is 288 g/mol. The summed E-state index contributed by atoms with van der Waals surface area (Å²) in [7, 11) is 0. The molecule has 0 fully saturated rings. The van der Waals surface area contributed by atoms with E-state index in [1.54, 1.807) is 0 Å². The highest BCUT2D eigenvalue weighted by molar-refractivity contribution is 7.99. The Hall–Kier alpha value is 0.0200. The Morgan fingerprint density at radius 1 is 0.591 bits per heavy atom. The highest BCUT2D eigenvalue weighted by Crippen LogP contribution is 2.14. The summed E-state index contributed by atoms with van der Waals surface area (Å²) in [6.07, 6.45) is 23.3. The van der Waals surface area contributed by atoms with Gasteiger partial charge >= 0.3 is 0 Å². The van der Waals surface area contributed by atoms with Gasteiger partial charge in [0.15, 0.2) is 6.29 Å². The molecule has 0 aliphatic carbocycles. The van der Waals surface area contributed by atoms with Crippen LogP contribution in [0.5, 0.6) is 0 Å². The molecular formula is C20H39OS. The van der Waals surface area contributed by atoms with Crippen molar-refractivity contribution in [2.45, 2.75) is 110 Å². The second-order valence-corrected chi connectivity index (χ2v) is 7.68. The minimum atomic E-state index is 0.628. The maximum absolute atomic E-state index is 10.0. The predicted octanol–water partition coefficient (Wildman–Crippen LogP) is 7.09. The summed E-state index contributed by atoms with van der Waals surface area (Å²) in [6, 6.07) is 0. The van der Waals surface area contributed by atoms with Gasteiger partial charge in [-0.05, 0) is 30.8 Å². The average Bonchev–Trinajstić information content (AvgIpc) is 2.54. The quantitative estimate of drug-likeness (QED) is 0.235. The van der Waals surface area contributed by atoms with E-state index in [0.717, 1.165) is 6.42 Å². The molecule has 0 aromatic heterocycles. The Morgan fingerprint density at radius 3 is 1.45 bits per heavy atom. The van der Waals surface area contributed by atoms with Crippen molar-refractivity contribution >= 4 is 18.0 Å². The zero-order valence-corrected chi connectivity index (χ0v) is 15.9. The molecule has 0 saturated carbocycles. The molecule has 22 heavy (non-hydrogen) atoms. The van der Waals surface area contributed by atoms with E-state index in [9.17, 15) is 4.79 Å². The molecule has 0 heterocycles. The molecule has 0 unspecified atom stereocenters. The Labute approximate surface area is 144 Å². The Morgan fingerprint density at radius 2 is 1.00 bits per heavy atom. The molecule has 0 N–H and O–H groups in total. The van der Waals surface area contributed by atoms with Crippen molar-refractivity contribution in [3.63, 3.8) is 0 Å². The zero-order valence-electron chi connectivity index (χ0n) is 15.0. The normalized spacial score (nSPS) is 11.0. The summed E-state index contributed by atoms with van der Waals surface area (Å²) in [5.74, 6) is 2.61. The van der Waals surface area contributed by atoms with E-state index >= 15 is 0 Å². The molecule has 0 saturated heterocycles. The Kier molecular flexibility index (Phi) is 21.0. The van der Waals surface area contributed by atoms with Crippen LogP contribution in [-0.4, -0.2) is 17.8 Å². The smallest absolute Gasteiger partial charge is 0.198 e. The second-order valence-electron chi connectivity index (χ2n) is 6.46. The van der Waals surface area contributed by atoms with Crippen LogP contribution in [-0.2, 0) is 4.79 Å². The fourth-order valence-electron chi connectivity index (χ4n) is 2.73. The minimum absolute atomic E-state index is 0.628. The number of carbonyl (C=O) groups excluding carboxylic acids is 1. The minimum Gasteiger partial charge on any atom is -0.291 e. The van der Waals surface area contributed by atoms with E-state index in [-0.39, 0.29) is 0 Å². The summed E-state index contributed by atoms with van der Waals surface area (Å²) in [5.41, 5.74) is 0. The average molecular weight is 328 g/mol. The fraction of sp³-hybridized carbons (Fsp3) is 0.950. The Bertz CT molecular complexity index is 206. The largest absolute Gasteiger partial charge is 0.291 e. The highest BCUT2D eigenvalue weighted by Gasteiger charge is 1.95. The molecule has 0 atom stereocenters.